The largest absolute Gasteiger partial charge is 0.236 e. The summed E-state index contributed by atoms with van der Waals surface area (Å²) in [5.41, 5.74) is 0. The lowest BCUT2D eigenvalue weighted by Gasteiger charge is -1.91. The number of thiophene rings is 1. The van der Waals surface area contributed by atoms with E-state index in [0.29, 0.717) is 0 Å². The minimum atomic E-state index is 0.779. The second kappa shape index (κ2) is 4.15. The Labute approximate surface area is 87.0 Å². The van der Waals surface area contributed by atoms with Gasteiger partial charge in [-0.25, -0.2) is 9.97 Å². The normalized spacial score (nSPS) is 10.9. The van der Waals surface area contributed by atoms with Crippen LogP contribution in [0.2, 0.25) is 0 Å². The molecule has 0 saturated carbocycles. The monoisotopic (exact) mass is 201 g/mol. The fourth-order valence-corrected chi connectivity index (χ4v) is 1.99. The van der Waals surface area contributed by atoms with Gasteiger partial charge in [0.05, 0.1) is 4.88 Å². The summed E-state index contributed by atoms with van der Waals surface area (Å²) < 4.78 is 0. The van der Waals surface area contributed by atoms with Crippen LogP contribution >= 0.6 is 11.3 Å². The van der Waals surface area contributed by atoms with Crippen molar-refractivity contribution in [2.45, 2.75) is 0 Å². The van der Waals surface area contributed by atoms with Gasteiger partial charge in [-0.3, -0.25) is 0 Å². The molecule has 0 aliphatic heterocycles. The van der Waals surface area contributed by atoms with Gasteiger partial charge in [-0.1, -0.05) is 6.08 Å². The highest BCUT2D eigenvalue weighted by atomic mass is 32.1. The average molecular weight is 201 g/mol. The van der Waals surface area contributed by atoms with Crippen LogP contribution in [0.1, 0.15) is 4.88 Å². The predicted octanol–water partition coefficient (Wildman–Crippen LogP) is 3.05. The Kier molecular flexibility index (Phi) is 2.70. The highest BCUT2D eigenvalue weighted by Gasteiger charge is 2.02. The first-order valence-electron chi connectivity index (χ1n) is 4.23. The van der Waals surface area contributed by atoms with E-state index in [1.54, 1.807) is 29.8 Å². The molecule has 0 aliphatic carbocycles. The SMILES string of the molecule is [CH2]/C=C/c1ccc(-c2ncccn2)s1. The van der Waals surface area contributed by atoms with E-state index in [-0.39, 0.29) is 0 Å². The molecular weight excluding hydrogens is 192 g/mol. The van der Waals surface area contributed by atoms with Gasteiger partial charge < -0.3 is 0 Å². The van der Waals surface area contributed by atoms with Gasteiger partial charge in [0.2, 0.25) is 0 Å². The number of hydrogen-bond acceptors (Lipinski definition) is 3. The van der Waals surface area contributed by atoms with Crippen molar-refractivity contribution in [3.63, 3.8) is 0 Å². The third-order valence-electron chi connectivity index (χ3n) is 1.70. The quantitative estimate of drug-likeness (QED) is 0.746. The lowest BCUT2D eigenvalue weighted by Crippen LogP contribution is -1.81. The van der Waals surface area contributed by atoms with Crippen LogP contribution in [-0.2, 0) is 0 Å². The maximum absolute atomic E-state index is 4.18. The highest BCUT2D eigenvalue weighted by molar-refractivity contribution is 7.16. The van der Waals surface area contributed by atoms with Crippen LogP contribution in [0, 0.1) is 6.92 Å². The Morgan fingerprint density at radius 3 is 2.71 bits per heavy atom. The number of aromatic nitrogens is 2. The Balaban J connectivity index is 2.34. The second-order valence-corrected chi connectivity index (χ2v) is 3.79. The van der Waals surface area contributed by atoms with Gasteiger partial charge >= 0.3 is 0 Å². The van der Waals surface area contributed by atoms with Gasteiger partial charge in [-0.15, -0.1) is 11.3 Å². The van der Waals surface area contributed by atoms with E-state index in [0.717, 1.165) is 10.7 Å². The molecule has 0 unspecified atom stereocenters. The van der Waals surface area contributed by atoms with E-state index in [4.69, 9.17) is 0 Å². The van der Waals surface area contributed by atoms with Crippen LogP contribution < -0.4 is 0 Å². The molecule has 0 atom stereocenters. The third kappa shape index (κ3) is 1.88. The van der Waals surface area contributed by atoms with Gasteiger partial charge in [0.1, 0.15) is 0 Å². The molecule has 69 valence electrons. The number of nitrogens with zero attached hydrogens (tertiary/aromatic N) is 2. The molecule has 3 heteroatoms. The first-order valence-corrected chi connectivity index (χ1v) is 5.05. The molecule has 0 N–H and O–H groups in total. The molecule has 0 saturated heterocycles. The molecule has 0 spiro atoms. The second-order valence-electron chi connectivity index (χ2n) is 2.68. The maximum Gasteiger partial charge on any atom is 0.169 e. The van der Waals surface area contributed by atoms with Crippen molar-refractivity contribution in [2.75, 3.05) is 0 Å². The van der Waals surface area contributed by atoms with Gasteiger partial charge in [-0.05, 0) is 31.2 Å². The summed E-state index contributed by atoms with van der Waals surface area (Å²) in [4.78, 5) is 10.6. The molecule has 2 heterocycles. The van der Waals surface area contributed by atoms with Crippen molar-refractivity contribution in [1.82, 2.24) is 9.97 Å². The third-order valence-corrected chi connectivity index (χ3v) is 2.74. The number of allylic oxidation sites excluding steroid dienone is 1. The summed E-state index contributed by atoms with van der Waals surface area (Å²) in [6, 6.07) is 5.88. The van der Waals surface area contributed by atoms with E-state index in [1.165, 1.54) is 4.88 Å². The summed E-state index contributed by atoms with van der Waals surface area (Å²) in [5, 5.41) is 0. The molecule has 0 bridgehead atoms. The Hall–Kier alpha value is -1.48. The van der Waals surface area contributed by atoms with Gasteiger partial charge in [-0.2, -0.15) is 0 Å². The Morgan fingerprint density at radius 2 is 2.00 bits per heavy atom. The topological polar surface area (TPSA) is 25.8 Å². The van der Waals surface area contributed by atoms with Gasteiger partial charge in [0.15, 0.2) is 5.82 Å². The predicted molar refractivity (Wildman–Crippen MR) is 59.7 cm³/mol. The number of rotatable bonds is 2. The minimum Gasteiger partial charge on any atom is -0.236 e. The summed E-state index contributed by atoms with van der Waals surface area (Å²) in [5.74, 6) is 0.779. The van der Waals surface area contributed by atoms with E-state index in [9.17, 15) is 0 Å². The molecule has 1 radical (unpaired) electrons. The van der Waals surface area contributed by atoms with E-state index >= 15 is 0 Å². The van der Waals surface area contributed by atoms with Crippen molar-refractivity contribution in [2.24, 2.45) is 0 Å². The molecule has 0 aromatic carbocycles. The standard InChI is InChI=1S/C11H9N2S/c1-2-4-9-5-6-10(14-9)11-12-7-3-8-13-11/h2-8H,1H2/b4-2+. The zero-order valence-electron chi connectivity index (χ0n) is 7.55. The van der Waals surface area contributed by atoms with E-state index in [2.05, 4.69) is 16.9 Å². The zero-order chi connectivity index (χ0) is 9.80. The van der Waals surface area contributed by atoms with Gasteiger partial charge in [0.25, 0.3) is 0 Å². The number of hydrogen-bond donors (Lipinski definition) is 0. The fourth-order valence-electron chi connectivity index (χ4n) is 1.11. The summed E-state index contributed by atoms with van der Waals surface area (Å²) in [7, 11) is 0. The lowest BCUT2D eigenvalue weighted by molar-refractivity contribution is 1.19. The molecule has 0 amide bonds. The van der Waals surface area contributed by atoms with Crippen LogP contribution in [-0.4, -0.2) is 9.97 Å². The molecule has 0 aliphatic rings. The van der Waals surface area contributed by atoms with E-state index in [1.807, 2.05) is 24.3 Å². The summed E-state index contributed by atoms with van der Waals surface area (Å²) in [6.07, 6.45) is 7.25. The molecule has 2 rings (SSSR count). The minimum absolute atomic E-state index is 0.779. The van der Waals surface area contributed by atoms with Crippen LogP contribution in [0.25, 0.3) is 16.8 Å². The van der Waals surface area contributed by atoms with Crippen LogP contribution in [0.15, 0.2) is 36.7 Å². The smallest absolute Gasteiger partial charge is 0.169 e. The maximum atomic E-state index is 4.18. The van der Waals surface area contributed by atoms with Crippen molar-refractivity contribution in [3.8, 4) is 10.7 Å². The first kappa shape index (κ1) is 9.09. The highest BCUT2D eigenvalue weighted by Crippen LogP contribution is 2.25. The van der Waals surface area contributed by atoms with Crippen LogP contribution in [0.3, 0.4) is 0 Å². The summed E-state index contributed by atoms with van der Waals surface area (Å²) in [6.45, 7) is 3.66. The fraction of sp³-hybridized carbons (Fsp3) is 0. The van der Waals surface area contributed by atoms with Crippen LogP contribution in [0.4, 0.5) is 0 Å². The molecule has 2 aromatic heterocycles. The van der Waals surface area contributed by atoms with Gasteiger partial charge in [0, 0.05) is 17.3 Å². The van der Waals surface area contributed by atoms with Crippen LogP contribution in [0.5, 0.6) is 0 Å². The lowest BCUT2D eigenvalue weighted by atomic mass is 10.4. The molecule has 14 heavy (non-hydrogen) atoms. The van der Waals surface area contributed by atoms with E-state index < -0.39 is 0 Å². The molecule has 2 aromatic rings. The molecule has 0 fully saturated rings. The van der Waals surface area contributed by atoms with Crippen molar-refractivity contribution >= 4 is 17.4 Å². The Morgan fingerprint density at radius 1 is 1.21 bits per heavy atom. The Bertz CT molecular complexity index is 432. The first-order chi connectivity index (χ1) is 6.90. The summed E-state index contributed by atoms with van der Waals surface area (Å²) >= 11 is 1.66. The average Bonchev–Trinajstić information content (AvgIpc) is 2.68. The zero-order valence-corrected chi connectivity index (χ0v) is 8.37. The molecular formula is C11H9N2S. The van der Waals surface area contributed by atoms with Crippen molar-refractivity contribution in [3.05, 3.63) is 48.5 Å². The van der Waals surface area contributed by atoms with Crippen molar-refractivity contribution in [1.29, 1.82) is 0 Å². The molecule has 2 nitrogen and oxygen atoms in total. The van der Waals surface area contributed by atoms with Crippen molar-refractivity contribution < 1.29 is 0 Å².